The Bertz CT molecular complexity index is 599. The van der Waals surface area contributed by atoms with Crippen LogP contribution in [0.3, 0.4) is 0 Å². The molecule has 0 saturated heterocycles. The number of primary amides is 1. The summed E-state index contributed by atoms with van der Waals surface area (Å²) in [4.78, 5) is 18.1. The lowest BCUT2D eigenvalue weighted by Crippen LogP contribution is -2.44. The number of nitrogens with two attached hydrogens (primary N) is 1. The molecule has 1 atom stereocenters. The third-order valence-corrected chi connectivity index (χ3v) is 4.10. The van der Waals surface area contributed by atoms with E-state index in [1.165, 1.54) is 4.88 Å². The minimum Gasteiger partial charge on any atom is -0.368 e. The van der Waals surface area contributed by atoms with Crippen molar-refractivity contribution in [2.45, 2.75) is 40.3 Å². The van der Waals surface area contributed by atoms with E-state index in [1.807, 2.05) is 20.8 Å². The van der Waals surface area contributed by atoms with E-state index in [0.717, 1.165) is 16.3 Å². The van der Waals surface area contributed by atoms with Gasteiger partial charge in [-0.15, -0.1) is 11.3 Å². The van der Waals surface area contributed by atoms with Gasteiger partial charge in [0.25, 0.3) is 0 Å². The van der Waals surface area contributed by atoms with E-state index in [2.05, 4.69) is 27.8 Å². The number of aryl methyl sites for hydroxylation is 2. The molecule has 0 radical (unpaired) electrons. The average molecular weight is 280 g/mol. The highest BCUT2D eigenvalue weighted by Gasteiger charge is 2.20. The minimum atomic E-state index is -0.315. The van der Waals surface area contributed by atoms with Crippen LogP contribution in [0, 0.1) is 19.8 Å². The summed E-state index contributed by atoms with van der Waals surface area (Å²) in [6, 6.07) is -0.315. The molecule has 0 bridgehead atoms. The van der Waals surface area contributed by atoms with Crippen molar-refractivity contribution in [1.82, 2.24) is 14.7 Å². The Balaban J connectivity index is 2.21. The maximum atomic E-state index is 11.4. The van der Waals surface area contributed by atoms with E-state index in [-0.39, 0.29) is 17.9 Å². The van der Waals surface area contributed by atoms with Crippen molar-refractivity contribution in [3.63, 3.8) is 0 Å². The van der Waals surface area contributed by atoms with E-state index < -0.39 is 0 Å². The molecule has 0 aromatic carbocycles. The van der Waals surface area contributed by atoms with Crippen LogP contribution in [0.4, 0.5) is 0 Å². The summed E-state index contributed by atoms with van der Waals surface area (Å²) < 4.78 is 2.08. The minimum absolute atomic E-state index is 0.172. The number of thiazole rings is 1. The van der Waals surface area contributed by atoms with Crippen LogP contribution in [-0.4, -0.2) is 21.3 Å². The zero-order chi connectivity index (χ0) is 14.2. The number of hydrogen-bond acceptors (Lipinski definition) is 4. The lowest BCUT2D eigenvalue weighted by Gasteiger charge is -2.18. The number of rotatable bonds is 5. The monoisotopic (exact) mass is 280 g/mol. The average Bonchev–Trinajstić information content (AvgIpc) is 2.75. The van der Waals surface area contributed by atoms with Gasteiger partial charge in [-0.3, -0.25) is 14.5 Å². The predicted octanol–water partition coefficient (Wildman–Crippen LogP) is 1.61. The van der Waals surface area contributed by atoms with Gasteiger partial charge in [0.05, 0.1) is 17.4 Å². The third kappa shape index (κ3) is 2.79. The smallest absolute Gasteiger partial charge is 0.234 e. The summed E-state index contributed by atoms with van der Waals surface area (Å²) in [6.45, 7) is 8.61. The van der Waals surface area contributed by atoms with Crippen LogP contribution in [0.5, 0.6) is 0 Å². The van der Waals surface area contributed by atoms with Crippen molar-refractivity contribution in [3.8, 4) is 0 Å². The number of nitrogens with one attached hydrogen (secondary N) is 1. The van der Waals surface area contributed by atoms with Gasteiger partial charge in [0.2, 0.25) is 5.91 Å². The Kier molecular flexibility index (Phi) is 3.91. The molecule has 2 heterocycles. The Hall–Kier alpha value is -1.40. The summed E-state index contributed by atoms with van der Waals surface area (Å²) in [6.07, 6.45) is 2.08. The molecule has 5 nitrogen and oxygen atoms in total. The van der Waals surface area contributed by atoms with E-state index in [1.54, 1.807) is 11.3 Å². The molecule has 0 aliphatic heterocycles. The number of fused-ring (bicyclic) bond motifs is 1. The van der Waals surface area contributed by atoms with Crippen LogP contribution in [0.2, 0.25) is 0 Å². The molecule has 6 heteroatoms. The SMILES string of the molecule is Cc1cn2c(CNC(C(N)=O)C(C)C)c(C)nc2s1. The number of amides is 1. The molecule has 2 aromatic heterocycles. The second kappa shape index (κ2) is 5.30. The van der Waals surface area contributed by atoms with Gasteiger partial charge < -0.3 is 5.73 Å². The van der Waals surface area contributed by atoms with Crippen LogP contribution < -0.4 is 11.1 Å². The summed E-state index contributed by atoms with van der Waals surface area (Å²) >= 11 is 1.67. The fraction of sp³-hybridized carbons (Fsp3) is 0.538. The molecule has 1 amide bonds. The van der Waals surface area contributed by atoms with Gasteiger partial charge in [0, 0.05) is 17.6 Å². The first-order valence-corrected chi connectivity index (χ1v) is 7.18. The summed E-state index contributed by atoms with van der Waals surface area (Å²) in [5, 5.41) is 3.23. The summed E-state index contributed by atoms with van der Waals surface area (Å²) in [5.41, 5.74) is 7.49. The fourth-order valence-corrected chi connectivity index (χ4v) is 3.08. The fourth-order valence-electron chi connectivity index (χ4n) is 2.19. The zero-order valence-corrected chi connectivity index (χ0v) is 12.5. The number of nitrogens with zero attached hydrogens (tertiary/aromatic N) is 2. The maximum Gasteiger partial charge on any atom is 0.234 e. The van der Waals surface area contributed by atoms with Crippen LogP contribution in [0.15, 0.2) is 6.20 Å². The molecule has 104 valence electrons. The van der Waals surface area contributed by atoms with Gasteiger partial charge in [0.15, 0.2) is 4.96 Å². The first-order chi connectivity index (χ1) is 8.90. The van der Waals surface area contributed by atoms with Gasteiger partial charge >= 0.3 is 0 Å². The van der Waals surface area contributed by atoms with Crippen LogP contribution in [0.1, 0.15) is 30.1 Å². The Labute approximate surface area is 116 Å². The zero-order valence-electron chi connectivity index (χ0n) is 11.7. The Morgan fingerprint density at radius 2 is 2.21 bits per heavy atom. The van der Waals surface area contributed by atoms with E-state index in [4.69, 9.17) is 5.73 Å². The van der Waals surface area contributed by atoms with Crippen molar-refractivity contribution in [2.24, 2.45) is 11.7 Å². The molecule has 0 spiro atoms. The molecule has 1 unspecified atom stereocenters. The van der Waals surface area contributed by atoms with Gasteiger partial charge in [-0.25, -0.2) is 4.98 Å². The lowest BCUT2D eigenvalue weighted by atomic mass is 10.0. The summed E-state index contributed by atoms with van der Waals surface area (Å²) in [7, 11) is 0. The molecule has 3 N–H and O–H groups in total. The molecule has 0 aliphatic carbocycles. The highest BCUT2D eigenvalue weighted by atomic mass is 32.1. The third-order valence-electron chi connectivity index (χ3n) is 3.20. The van der Waals surface area contributed by atoms with Gasteiger partial charge in [-0.1, -0.05) is 13.8 Å². The summed E-state index contributed by atoms with van der Waals surface area (Å²) in [5.74, 6) is -0.139. The normalized spacial score (nSPS) is 13.3. The molecule has 2 rings (SSSR count). The van der Waals surface area contributed by atoms with Gasteiger partial charge in [0.1, 0.15) is 0 Å². The van der Waals surface area contributed by atoms with E-state index >= 15 is 0 Å². The van der Waals surface area contributed by atoms with E-state index in [0.29, 0.717) is 6.54 Å². The van der Waals surface area contributed by atoms with Crippen LogP contribution in [0.25, 0.3) is 4.96 Å². The maximum absolute atomic E-state index is 11.4. The topological polar surface area (TPSA) is 72.4 Å². The number of hydrogen-bond donors (Lipinski definition) is 2. The quantitative estimate of drug-likeness (QED) is 0.874. The second-order valence-corrected chi connectivity index (χ2v) is 6.36. The second-order valence-electron chi connectivity index (χ2n) is 5.14. The van der Waals surface area contributed by atoms with Crippen LogP contribution in [-0.2, 0) is 11.3 Å². The van der Waals surface area contributed by atoms with Crippen molar-refractivity contribution in [2.75, 3.05) is 0 Å². The number of carbonyl (C=O) groups excluding carboxylic acids is 1. The largest absolute Gasteiger partial charge is 0.368 e. The molecular formula is C13H20N4OS. The van der Waals surface area contributed by atoms with Crippen molar-refractivity contribution >= 4 is 22.2 Å². The predicted molar refractivity (Wildman–Crippen MR) is 77.2 cm³/mol. The number of imidazole rings is 1. The van der Waals surface area contributed by atoms with Crippen molar-refractivity contribution < 1.29 is 4.79 Å². The van der Waals surface area contributed by atoms with Gasteiger partial charge in [-0.2, -0.15) is 0 Å². The first kappa shape index (κ1) is 14.0. The highest BCUT2D eigenvalue weighted by Crippen LogP contribution is 2.20. The van der Waals surface area contributed by atoms with Crippen molar-refractivity contribution in [1.29, 1.82) is 0 Å². The van der Waals surface area contributed by atoms with E-state index in [9.17, 15) is 4.79 Å². The number of carbonyl (C=O) groups is 1. The number of aromatic nitrogens is 2. The standard InChI is InChI=1S/C13H20N4OS/c1-7(2)11(12(14)18)15-5-10-9(4)16-13-17(10)6-8(3)19-13/h6-7,11,15H,5H2,1-4H3,(H2,14,18). The Morgan fingerprint density at radius 3 is 2.79 bits per heavy atom. The Morgan fingerprint density at radius 1 is 1.53 bits per heavy atom. The molecule has 0 aliphatic rings. The molecular weight excluding hydrogens is 260 g/mol. The molecule has 19 heavy (non-hydrogen) atoms. The lowest BCUT2D eigenvalue weighted by molar-refractivity contribution is -0.121. The molecule has 2 aromatic rings. The van der Waals surface area contributed by atoms with Gasteiger partial charge in [-0.05, 0) is 19.8 Å². The highest BCUT2D eigenvalue weighted by molar-refractivity contribution is 7.17. The van der Waals surface area contributed by atoms with Crippen LogP contribution >= 0.6 is 11.3 Å². The molecule has 0 fully saturated rings. The van der Waals surface area contributed by atoms with Crippen molar-refractivity contribution in [3.05, 3.63) is 22.5 Å². The first-order valence-electron chi connectivity index (χ1n) is 6.36. The molecule has 0 saturated carbocycles.